The predicted octanol–water partition coefficient (Wildman–Crippen LogP) is 3.23. The number of allylic oxidation sites excluding steroid dienone is 1. The van der Waals surface area contributed by atoms with Gasteiger partial charge in [-0.05, 0) is 35.4 Å². The second-order valence-corrected chi connectivity index (χ2v) is 3.79. The van der Waals surface area contributed by atoms with Crippen LogP contribution in [0.3, 0.4) is 0 Å². The van der Waals surface area contributed by atoms with Crippen LogP contribution in [0.25, 0.3) is 11.6 Å². The normalized spacial score (nSPS) is 11.2. The van der Waals surface area contributed by atoms with Crippen LogP contribution in [0.1, 0.15) is 11.1 Å². The molecule has 1 aromatic carbocycles. The fraction of sp³-hybridized carbons (Fsp3) is 0.0714. The Bertz CT molecular complexity index is 585. The maximum absolute atomic E-state index is 12.8. The first kappa shape index (κ1) is 11.2. The molecule has 0 saturated heterocycles. The lowest BCUT2D eigenvalue weighted by atomic mass is 10.1. The molecule has 1 aromatic heterocycles. The lowest BCUT2D eigenvalue weighted by Crippen LogP contribution is -1.82. The van der Waals surface area contributed by atoms with Crippen molar-refractivity contribution in [3.63, 3.8) is 0 Å². The van der Waals surface area contributed by atoms with Gasteiger partial charge in [0.25, 0.3) is 0 Å². The molecule has 0 amide bonds. The summed E-state index contributed by atoms with van der Waals surface area (Å²) >= 11 is 0. The third-order valence-electron chi connectivity index (χ3n) is 2.44. The number of hydrogen-bond acceptors (Lipinski definition) is 1. The summed E-state index contributed by atoms with van der Waals surface area (Å²) in [5.41, 5.74) is 2.20. The van der Waals surface area contributed by atoms with Gasteiger partial charge in [-0.15, -0.1) is 0 Å². The fourth-order valence-electron chi connectivity index (χ4n) is 1.59. The van der Waals surface area contributed by atoms with E-state index >= 15 is 0 Å². The predicted molar refractivity (Wildman–Crippen MR) is 65.3 cm³/mol. The van der Waals surface area contributed by atoms with Gasteiger partial charge in [0.05, 0.1) is 11.6 Å². The lowest BCUT2D eigenvalue weighted by molar-refractivity contribution is 0.627. The van der Waals surface area contributed by atoms with Crippen molar-refractivity contribution in [3.8, 4) is 6.07 Å². The van der Waals surface area contributed by atoms with Crippen LogP contribution >= 0.6 is 0 Å². The van der Waals surface area contributed by atoms with Gasteiger partial charge in [0.2, 0.25) is 0 Å². The topological polar surface area (TPSA) is 28.7 Å². The van der Waals surface area contributed by atoms with Gasteiger partial charge in [-0.3, -0.25) is 0 Å². The summed E-state index contributed by atoms with van der Waals surface area (Å²) in [7, 11) is 1.92. The van der Waals surface area contributed by atoms with E-state index in [1.807, 2.05) is 30.1 Å². The Morgan fingerprint density at radius 1 is 1.29 bits per heavy atom. The maximum atomic E-state index is 12.8. The molecule has 3 heteroatoms. The second kappa shape index (κ2) is 4.67. The Morgan fingerprint density at radius 3 is 2.53 bits per heavy atom. The van der Waals surface area contributed by atoms with Gasteiger partial charge in [-0.25, -0.2) is 4.39 Å². The van der Waals surface area contributed by atoms with Crippen molar-refractivity contribution in [1.82, 2.24) is 4.57 Å². The van der Waals surface area contributed by atoms with E-state index in [2.05, 4.69) is 6.07 Å². The summed E-state index contributed by atoms with van der Waals surface area (Å²) in [6.07, 6.45) is 5.61. The van der Waals surface area contributed by atoms with E-state index in [0.29, 0.717) is 5.57 Å². The minimum absolute atomic E-state index is 0.300. The van der Waals surface area contributed by atoms with Gasteiger partial charge in [-0.1, -0.05) is 12.1 Å². The summed E-state index contributed by atoms with van der Waals surface area (Å²) in [4.78, 5) is 0. The number of aromatic nitrogens is 1. The largest absolute Gasteiger partial charge is 0.357 e. The van der Waals surface area contributed by atoms with Crippen molar-refractivity contribution < 1.29 is 4.39 Å². The summed E-state index contributed by atoms with van der Waals surface area (Å²) in [6.45, 7) is 0. The highest BCUT2D eigenvalue weighted by Crippen LogP contribution is 2.18. The van der Waals surface area contributed by atoms with Crippen LogP contribution in [0.5, 0.6) is 0 Å². The molecule has 0 N–H and O–H groups in total. The highest BCUT2D eigenvalue weighted by atomic mass is 19.1. The number of rotatable bonds is 2. The summed E-state index contributed by atoms with van der Waals surface area (Å²) < 4.78 is 14.7. The SMILES string of the molecule is Cn1ccc(/C=C(\C#N)c2ccc(F)cc2)c1. The van der Waals surface area contributed by atoms with Crippen LogP contribution in [-0.4, -0.2) is 4.57 Å². The molecule has 0 saturated carbocycles. The minimum atomic E-state index is -0.300. The molecule has 0 aliphatic heterocycles. The van der Waals surface area contributed by atoms with Crippen molar-refractivity contribution >= 4 is 11.6 Å². The Morgan fingerprint density at radius 2 is 2.00 bits per heavy atom. The monoisotopic (exact) mass is 226 g/mol. The molecular formula is C14H11FN2. The fourth-order valence-corrected chi connectivity index (χ4v) is 1.59. The quantitative estimate of drug-likeness (QED) is 0.723. The zero-order valence-corrected chi connectivity index (χ0v) is 9.39. The molecule has 0 radical (unpaired) electrons. The Hall–Kier alpha value is -2.34. The standard InChI is InChI=1S/C14H11FN2/c1-17-7-6-11(10-17)8-13(9-16)12-2-4-14(15)5-3-12/h2-8,10H,1H3/b13-8+. The number of aryl methyl sites for hydroxylation is 1. The van der Waals surface area contributed by atoms with Crippen molar-refractivity contribution in [3.05, 3.63) is 59.7 Å². The molecule has 0 spiro atoms. The number of benzene rings is 1. The van der Waals surface area contributed by atoms with E-state index < -0.39 is 0 Å². The number of halogens is 1. The summed E-state index contributed by atoms with van der Waals surface area (Å²) in [5.74, 6) is -0.300. The van der Waals surface area contributed by atoms with Gasteiger partial charge in [0.1, 0.15) is 5.82 Å². The summed E-state index contributed by atoms with van der Waals surface area (Å²) in [5, 5.41) is 9.10. The number of hydrogen-bond donors (Lipinski definition) is 0. The van der Waals surface area contributed by atoms with Crippen molar-refractivity contribution in [1.29, 1.82) is 5.26 Å². The molecule has 2 nitrogen and oxygen atoms in total. The van der Waals surface area contributed by atoms with Crippen LogP contribution in [0, 0.1) is 17.1 Å². The molecule has 0 aliphatic rings. The number of nitrogens with zero attached hydrogens (tertiary/aromatic N) is 2. The first-order chi connectivity index (χ1) is 8.19. The molecule has 0 bridgehead atoms. The van der Waals surface area contributed by atoms with Gasteiger partial charge in [-0.2, -0.15) is 5.26 Å². The van der Waals surface area contributed by atoms with Crippen LogP contribution < -0.4 is 0 Å². The molecule has 0 fully saturated rings. The maximum Gasteiger partial charge on any atom is 0.123 e. The molecule has 0 aliphatic carbocycles. The Labute approximate surface area is 99.2 Å². The number of nitriles is 1. The lowest BCUT2D eigenvalue weighted by Gasteiger charge is -1.98. The van der Waals surface area contributed by atoms with Crippen LogP contribution in [0.15, 0.2) is 42.7 Å². The molecule has 84 valence electrons. The van der Waals surface area contributed by atoms with Gasteiger partial charge < -0.3 is 4.57 Å². The average Bonchev–Trinajstić information content (AvgIpc) is 2.73. The van der Waals surface area contributed by atoms with E-state index in [0.717, 1.165) is 11.1 Å². The van der Waals surface area contributed by atoms with E-state index in [1.165, 1.54) is 12.1 Å². The molecule has 0 unspecified atom stereocenters. The van der Waals surface area contributed by atoms with E-state index in [4.69, 9.17) is 5.26 Å². The molecule has 0 atom stereocenters. The zero-order valence-electron chi connectivity index (χ0n) is 9.39. The molecule has 2 rings (SSSR count). The molecule has 2 aromatic rings. The third-order valence-corrected chi connectivity index (χ3v) is 2.44. The second-order valence-electron chi connectivity index (χ2n) is 3.79. The molecule has 17 heavy (non-hydrogen) atoms. The highest BCUT2D eigenvalue weighted by Gasteiger charge is 2.01. The highest BCUT2D eigenvalue weighted by molar-refractivity contribution is 5.89. The van der Waals surface area contributed by atoms with Gasteiger partial charge >= 0.3 is 0 Å². The van der Waals surface area contributed by atoms with Crippen LogP contribution in [-0.2, 0) is 7.05 Å². The third kappa shape index (κ3) is 2.61. The van der Waals surface area contributed by atoms with Crippen molar-refractivity contribution in [2.45, 2.75) is 0 Å². The molecule has 1 heterocycles. The summed E-state index contributed by atoms with van der Waals surface area (Å²) in [6, 6.07) is 9.96. The van der Waals surface area contributed by atoms with E-state index in [9.17, 15) is 4.39 Å². The van der Waals surface area contributed by atoms with Gasteiger partial charge in [0, 0.05) is 19.4 Å². The Balaban J connectivity index is 2.37. The first-order valence-electron chi connectivity index (χ1n) is 5.19. The molecular weight excluding hydrogens is 215 g/mol. The van der Waals surface area contributed by atoms with Crippen LogP contribution in [0.4, 0.5) is 4.39 Å². The minimum Gasteiger partial charge on any atom is -0.357 e. The van der Waals surface area contributed by atoms with Crippen LogP contribution in [0.2, 0.25) is 0 Å². The first-order valence-corrected chi connectivity index (χ1v) is 5.19. The van der Waals surface area contributed by atoms with Gasteiger partial charge in [0.15, 0.2) is 0 Å². The van der Waals surface area contributed by atoms with Crippen molar-refractivity contribution in [2.75, 3.05) is 0 Å². The smallest absolute Gasteiger partial charge is 0.123 e. The average molecular weight is 226 g/mol. The zero-order chi connectivity index (χ0) is 12.3. The van der Waals surface area contributed by atoms with E-state index in [1.54, 1.807) is 18.2 Å². The Kier molecular flexibility index (Phi) is 3.06. The van der Waals surface area contributed by atoms with Crippen molar-refractivity contribution in [2.24, 2.45) is 7.05 Å². The van der Waals surface area contributed by atoms with E-state index in [-0.39, 0.29) is 5.82 Å².